The molecule has 0 spiro atoms. The van der Waals surface area contributed by atoms with Crippen LogP contribution in [0.25, 0.3) is 0 Å². The summed E-state index contributed by atoms with van der Waals surface area (Å²) in [7, 11) is 0. The number of aromatic nitrogens is 2. The fourth-order valence-electron chi connectivity index (χ4n) is 4.03. The summed E-state index contributed by atoms with van der Waals surface area (Å²) in [5, 5.41) is 0. The molecule has 3 heterocycles. The minimum atomic E-state index is -0.235. The first-order valence-electron chi connectivity index (χ1n) is 9.86. The van der Waals surface area contributed by atoms with Crippen molar-refractivity contribution >= 4 is 17.4 Å². The highest BCUT2D eigenvalue weighted by molar-refractivity contribution is 5.97. The van der Waals surface area contributed by atoms with Crippen LogP contribution in [0.5, 0.6) is 0 Å². The SMILES string of the molecule is CC(C)[C@@H]1Cc2ccccc2N1C(=O)Cc1nc(N2CCOCC2)cc(=O)[nH]1. The van der Waals surface area contributed by atoms with Crippen molar-refractivity contribution in [3.63, 3.8) is 0 Å². The first-order chi connectivity index (χ1) is 13.5. The summed E-state index contributed by atoms with van der Waals surface area (Å²) in [6.45, 7) is 6.89. The number of aromatic amines is 1. The van der Waals surface area contributed by atoms with Gasteiger partial charge in [-0.2, -0.15) is 0 Å². The lowest BCUT2D eigenvalue weighted by molar-refractivity contribution is -0.118. The van der Waals surface area contributed by atoms with Gasteiger partial charge in [0.05, 0.1) is 19.6 Å². The first-order valence-corrected chi connectivity index (χ1v) is 9.86. The number of amides is 1. The van der Waals surface area contributed by atoms with Crippen LogP contribution in [0.1, 0.15) is 25.2 Å². The third kappa shape index (κ3) is 3.67. The van der Waals surface area contributed by atoms with Crippen LogP contribution in [0.2, 0.25) is 0 Å². The maximum atomic E-state index is 13.2. The normalized spacial score (nSPS) is 19.2. The molecule has 1 aromatic carbocycles. The van der Waals surface area contributed by atoms with Crippen molar-refractivity contribution in [2.24, 2.45) is 5.92 Å². The smallest absolute Gasteiger partial charge is 0.252 e. The van der Waals surface area contributed by atoms with Gasteiger partial charge in [-0.25, -0.2) is 4.98 Å². The Bertz CT molecular complexity index is 918. The molecule has 1 N–H and O–H groups in total. The highest BCUT2D eigenvalue weighted by Gasteiger charge is 2.35. The summed E-state index contributed by atoms with van der Waals surface area (Å²) in [6, 6.07) is 9.66. The lowest BCUT2D eigenvalue weighted by atomic mass is 10.00. The number of nitrogens with zero attached hydrogens (tertiary/aromatic N) is 3. The fraction of sp³-hybridized carbons (Fsp3) is 0.476. The highest BCUT2D eigenvalue weighted by atomic mass is 16.5. The molecule has 1 fully saturated rings. The minimum absolute atomic E-state index is 0.0362. The molecule has 7 nitrogen and oxygen atoms in total. The van der Waals surface area contributed by atoms with Crippen LogP contribution in [0.3, 0.4) is 0 Å². The van der Waals surface area contributed by atoms with Gasteiger partial charge in [-0.1, -0.05) is 32.0 Å². The van der Waals surface area contributed by atoms with E-state index in [4.69, 9.17) is 4.74 Å². The topological polar surface area (TPSA) is 78.5 Å². The Hall–Kier alpha value is -2.67. The van der Waals surface area contributed by atoms with Crippen molar-refractivity contribution < 1.29 is 9.53 Å². The number of hydrogen-bond acceptors (Lipinski definition) is 5. The summed E-state index contributed by atoms with van der Waals surface area (Å²) in [5.41, 5.74) is 1.93. The van der Waals surface area contributed by atoms with Crippen LogP contribution in [0.15, 0.2) is 35.1 Å². The zero-order chi connectivity index (χ0) is 19.7. The van der Waals surface area contributed by atoms with E-state index in [1.165, 1.54) is 11.6 Å². The van der Waals surface area contributed by atoms with Gasteiger partial charge in [0.25, 0.3) is 5.56 Å². The number of para-hydroxylation sites is 1. The quantitative estimate of drug-likeness (QED) is 0.872. The molecule has 7 heteroatoms. The average Bonchev–Trinajstić information content (AvgIpc) is 3.08. The molecule has 1 atom stereocenters. The van der Waals surface area contributed by atoms with Crippen LogP contribution < -0.4 is 15.4 Å². The first kappa shape index (κ1) is 18.7. The zero-order valence-corrected chi connectivity index (χ0v) is 16.4. The number of hydrogen-bond donors (Lipinski definition) is 1. The van der Waals surface area contributed by atoms with Gasteiger partial charge >= 0.3 is 0 Å². The average molecular weight is 382 g/mol. The molecule has 0 bridgehead atoms. The van der Waals surface area contributed by atoms with Crippen LogP contribution >= 0.6 is 0 Å². The molecule has 1 amide bonds. The number of benzene rings is 1. The van der Waals surface area contributed by atoms with Gasteiger partial charge in [-0.15, -0.1) is 0 Å². The maximum Gasteiger partial charge on any atom is 0.252 e. The van der Waals surface area contributed by atoms with Gasteiger partial charge in [0, 0.05) is 30.9 Å². The number of rotatable bonds is 4. The summed E-state index contributed by atoms with van der Waals surface area (Å²) in [5.74, 6) is 1.32. The second-order valence-electron chi connectivity index (χ2n) is 7.73. The molecule has 0 radical (unpaired) electrons. The second-order valence-corrected chi connectivity index (χ2v) is 7.73. The van der Waals surface area contributed by atoms with E-state index in [2.05, 4.69) is 29.9 Å². The summed E-state index contributed by atoms with van der Waals surface area (Å²) in [6.07, 6.45) is 0.933. The number of ether oxygens (including phenoxy) is 1. The molecule has 1 aromatic heterocycles. The van der Waals surface area contributed by atoms with E-state index >= 15 is 0 Å². The Morgan fingerprint density at radius 3 is 2.79 bits per heavy atom. The van der Waals surface area contributed by atoms with Crippen molar-refractivity contribution in [3.8, 4) is 0 Å². The van der Waals surface area contributed by atoms with Gasteiger partial charge in [-0.3, -0.25) is 9.59 Å². The molecule has 0 aliphatic carbocycles. The summed E-state index contributed by atoms with van der Waals surface area (Å²) >= 11 is 0. The molecule has 1 saturated heterocycles. The Morgan fingerprint density at radius 1 is 1.29 bits per heavy atom. The molecule has 2 aliphatic heterocycles. The monoisotopic (exact) mass is 382 g/mol. The lowest BCUT2D eigenvalue weighted by Gasteiger charge is -2.29. The van der Waals surface area contributed by atoms with Crippen molar-refractivity contribution in [1.29, 1.82) is 0 Å². The fourth-order valence-corrected chi connectivity index (χ4v) is 4.03. The predicted octanol–water partition coefficient (Wildman–Crippen LogP) is 1.76. The van der Waals surface area contributed by atoms with E-state index < -0.39 is 0 Å². The number of nitrogens with one attached hydrogen (secondary N) is 1. The van der Waals surface area contributed by atoms with Gasteiger partial charge in [0.1, 0.15) is 11.6 Å². The van der Waals surface area contributed by atoms with Crippen molar-refractivity contribution in [3.05, 3.63) is 52.1 Å². The molecule has 4 rings (SSSR count). The number of fused-ring (bicyclic) bond motifs is 1. The van der Waals surface area contributed by atoms with E-state index in [0.29, 0.717) is 43.9 Å². The van der Waals surface area contributed by atoms with E-state index in [1.807, 2.05) is 28.0 Å². The number of anilines is 2. The summed E-state index contributed by atoms with van der Waals surface area (Å²) in [4.78, 5) is 36.6. The van der Waals surface area contributed by atoms with Crippen molar-refractivity contribution in [2.75, 3.05) is 36.1 Å². The van der Waals surface area contributed by atoms with Crippen LogP contribution in [0, 0.1) is 5.92 Å². The Morgan fingerprint density at radius 2 is 2.04 bits per heavy atom. The van der Waals surface area contributed by atoms with Crippen molar-refractivity contribution in [2.45, 2.75) is 32.7 Å². The number of H-pyrrole nitrogens is 1. The van der Waals surface area contributed by atoms with Crippen molar-refractivity contribution in [1.82, 2.24) is 9.97 Å². The highest BCUT2D eigenvalue weighted by Crippen LogP contribution is 2.35. The molecule has 0 unspecified atom stereocenters. The van der Waals surface area contributed by atoms with E-state index in [1.54, 1.807) is 0 Å². The Labute approximate surface area is 164 Å². The molecule has 0 saturated carbocycles. The Balaban J connectivity index is 1.59. The minimum Gasteiger partial charge on any atom is -0.378 e. The van der Waals surface area contributed by atoms with E-state index in [0.717, 1.165) is 12.1 Å². The van der Waals surface area contributed by atoms with Gasteiger partial charge < -0.3 is 19.5 Å². The number of carbonyl (C=O) groups excluding carboxylic acids is 1. The lowest BCUT2D eigenvalue weighted by Crippen LogP contribution is -2.42. The van der Waals surface area contributed by atoms with Crippen LogP contribution in [-0.2, 0) is 22.4 Å². The molecular weight excluding hydrogens is 356 g/mol. The number of carbonyl (C=O) groups is 1. The van der Waals surface area contributed by atoms with Crippen LogP contribution in [0.4, 0.5) is 11.5 Å². The second kappa shape index (κ2) is 7.75. The maximum absolute atomic E-state index is 13.2. The Kier molecular flexibility index (Phi) is 5.17. The third-order valence-electron chi connectivity index (χ3n) is 5.48. The standard InChI is InChI=1S/C21H26N4O3/c1-14(2)17-11-15-5-3-4-6-16(15)25(17)21(27)12-18-22-19(13-20(26)23-18)24-7-9-28-10-8-24/h3-6,13-14,17H,7-12H2,1-2H3,(H,22,23,26)/t17-/m0/s1. The summed E-state index contributed by atoms with van der Waals surface area (Å²) < 4.78 is 5.37. The molecule has 148 valence electrons. The largest absolute Gasteiger partial charge is 0.378 e. The van der Waals surface area contributed by atoms with Gasteiger partial charge in [0.2, 0.25) is 5.91 Å². The van der Waals surface area contributed by atoms with E-state index in [-0.39, 0.29) is 23.9 Å². The molecular formula is C21H26N4O3. The zero-order valence-electron chi connectivity index (χ0n) is 16.4. The van der Waals surface area contributed by atoms with Crippen LogP contribution in [-0.4, -0.2) is 48.2 Å². The number of morpholine rings is 1. The van der Waals surface area contributed by atoms with Gasteiger partial charge in [-0.05, 0) is 24.0 Å². The molecule has 2 aliphatic rings. The third-order valence-corrected chi connectivity index (χ3v) is 5.48. The molecule has 2 aromatic rings. The molecule has 28 heavy (non-hydrogen) atoms. The van der Waals surface area contributed by atoms with Gasteiger partial charge in [0.15, 0.2) is 0 Å². The van der Waals surface area contributed by atoms with E-state index in [9.17, 15) is 9.59 Å². The predicted molar refractivity (Wildman–Crippen MR) is 108 cm³/mol.